The fraction of sp³-hybridized carbons (Fsp3) is 0.0952. The van der Waals surface area contributed by atoms with E-state index in [2.05, 4.69) is 10.5 Å². The minimum Gasteiger partial charge on any atom is -0.271 e. The third-order valence-electron chi connectivity index (χ3n) is 4.51. The molecule has 3 aromatic carbocycles. The molecule has 0 bridgehead atoms. The van der Waals surface area contributed by atoms with Gasteiger partial charge in [0.15, 0.2) is 9.84 Å². The van der Waals surface area contributed by atoms with Crippen molar-refractivity contribution in [3.8, 4) is 0 Å². The highest BCUT2D eigenvalue weighted by atomic mass is 32.2. The van der Waals surface area contributed by atoms with Gasteiger partial charge >= 0.3 is 5.69 Å². The second kappa shape index (κ2) is 9.35. The summed E-state index contributed by atoms with van der Waals surface area (Å²) < 4.78 is 25.9. The van der Waals surface area contributed by atoms with E-state index in [4.69, 9.17) is 0 Å². The van der Waals surface area contributed by atoms with Crippen molar-refractivity contribution in [2.45, 2.75) is 11.8 Å². The quantitative estimate of drug-likeness (QED) is 0.306. The van der Waals surface area contributed by atoms with Crippen molar-refractivity contribution >= 4 is 32.6 Å². The molecule has 0 saturated heterocycles. The molecule has 0 spiro atoms. The standard InChI is InChI=1S/C21H18N4O6S/c1-15-7-10-18(11-8-15)32(30,31)14-20(16-5-3-2-4-6-16)23-22-19-12-9-17(24(26)27)13-21(19)25(28)29/h2-13,22H,14H2,1H3/b23-20+. The van der Waals surface area contributed by atoms with Crippen molar-refractivity contribution in [1.29, 1.82) is 0 Å². The maximum absolute atomic E-state index is 12.9. The van der Waals surface area contributed by atoms with Crippen LogP contribution in [0.25, 0.3) is 0 Å². The number of non-ortho nitro benzene ring substituents is 1. The Bertz CT molecular complexity index is 1290. The predicted octanol–water partition coefficient (Wildman–Crippen LogP) is 4.10. The Labute approximate surface area is 183 Å². The molecule has 0 radical (unpaired) electrons. The number of nitro groups is 2. The summed E-state index contributed by atoms with van der Waals surface area (Å²) in [5, 5.41) is 26.4. The Morgan fingerprint density at radius 1 is 0.938 bits per heavy atom. The van der Waals surface area contributed by atoms with E-state index >= 15 is 0 Å². The van der Waals surface area contributed by atoms with Crippen LogP contribution in [0.4, 0.5) is 17.1 Å². The molecule has 0 aliphatic rings. The molecule has 0 saturated carbocycles. The van der Waals surface area contributed by atoms with Crippen molar-refractivity contribution in [2.24, 2.45) is 5.10 Å². The number of hydrogen-bond donors (Lipinski definition) is 1. The van der Waals surface area contributed by atoms with Gasteiger partial charge in [-0.05, 0) is 30.7 Å². The van der Waals surface area contributed by atoms with Crippen LogP contribution in [0.3, 0.4) is 0 Å². The summed E-state index contributed by atoms with van der Waals surface area (Å²) >= 11 is 0. The number of rotatable bonds is 8. The number of aryl methyl sites for hydroxylation is 1. The molecule has 0 fully saturated rings. The Hall–Kier alpha value is -4.12. The Kier molecular flexibility index (Phi) is 6.59. The monoisotopic (exact) mass is 454 g/mol. The van der Waals surface area contributed by atoms with Gasteiger partial charge in [0.25, 0.3) is 5.69 Å². The van der Waals surface area contributed by atoms with Gasteiger partial charge < -0.3 is 0 Å². The van der Waals surface area contributed by atoms with Gasteiger partial charge in [-0.3, -0.25) is 25.7 Å². The van der Waals surface area contributed by atoms with E-state index in [1.54, 1.807) is 42.5 Å². The van der Waals surface area contributed by atoms with E-state index in [0.29, 0.717) is 5.56 Å². The minimum absolute atomic E-state index is 0.109. The van der Waals surface area contributed by atoms with Crippen LogP contribution in [0.1, 0.15) is 11.1 Å². The van der Waals surface area contributed by atoms with Gasteiger partial charge in [-0.2, -0.15) is 5.10 Å². The SMILES string of the molecule is Cc1ccc(S(=O)(=O)C/C(=N\Nc2ccc([N+](=O)[O-])cc2[N+](=O)[O-])c2ccccc2)cc1. The van der Waals surface area contributed by atoms with Crippen molar-refractivity contribution in [2.75, 3.05) is 11.2 Å². The molecule has 164 valence electrons. The fourth-order valence-corrected chi connectivity index (χ4v) is 4.14. The van der Waals surface area contributed by atoms with E-state index < -0.39 is 36.8 Å². The van der Waals surface area contributed by atoms with Crippen LogP contribution in [0.15, 0.2) is 82.8 Å². The van der Waals surface area contributed by atoms with Gasteiger partial charge in [0.05, 0.1) is 32.3 Å². The smallest absolute Gasteiger partial charge is 0.271 e. The van der Waals surface area contributed by atoms with Gasteiger partial charge in [-0.15, -0.1) is 0 Å². The summed E-state index contributed by atoms with van der Waals surface area (Å²) in [6, 6.07) is 17.9. The highest BCUT2D eigenvalue weighted by molar-refractivity contribution is 7.92. The van der Waals surface area contributed by atoms with Gasteiger partial charge in [0, 0.05) is 6.07 Å². The maximum Gasteiger partial charge on any atom is 0.301 e. The van der Waals surface area contributed by atoms with Gasteiger partial charge in [-0.25, -0.2) is 8.42 Å². The molecule has 10 nitrogen and oxygen atoms in total. The molecule has 32 heavy (non-hydrogen) atoms. The lowest BCUT2D eigenvalue weighted by Crippen LogP contribution is -2.19. The molecule has 1 N–H and O–H groups in total. The predicted molar refractivity (Wildman–Crippen MR) is 120 cm³/mol. The van der Waals surface area contributed by atoms with E-state index in [-0.39, 0.29) is 16.3 Å². The van der Waals surface area contributed by atoms with Gasteiger partial charge in [-0.1, -0.05) is 48.0 Å². The molecule has 0 heterocycles. The number of anilines is 1. The van der Waals surface area contributed by atoms with Crippen LogP contribution in [-0.4, -0.2) is 29.7 Å². The number of hydrazone groups is 1. The molecule has 11 heteroatoms. The topological polar surface area (TPSA) is 145 Å². The number of sulfone groups is 1. The zero-order valence-electron chi connectivity index (χ0n) is 16.8. The van der Waals surface area contributed by atoms with E-state index in [1.807, 2.05) is 6.92 Å². The third kappa shape index (κ3) is 5.32. The van der Waals surface area contributed by atoms with Crippen molar-refractivity contribution in [3.05, 3.63) is 104 Å². The lowest BCUT2D eigenvalue weighted by Gasteiger charge is -2.10. The molecule has 3 rings (SSSR count). The minimum atomic E-state index is -3.77. The summed E-state index contributed by atoms with van der Waals surface area (Å²) in [6.07, 6.45) is 0. The number of benzene rings is 3. The Balaban J connectivity index is 2.00. The van der Waals surface area contributed by atoms with Crippen molar-refractivity contribution < 1.29 is 18.3 Å². The summed E-state index contributed by atoms with van der Waals surface area (Å²) in [5.74, 6) is -0.464. The molecular formula is C21H18N4O6S. The van der Waals surface area contributed by atoms with Crippen LogP contribution in [0.5, 0.6) is 0 Å². The van der Waals surface area contributed by atoms with E-state index in [1.165, 1.54) is 12.1 Å². The molecule has 0 aliphatic carbocycles. The molecule has 0 atom stereocenters. The molecule has 0 aromatic heterocycles. The Morgan fingerprint density at radius 2 is 1.59 bits per heavy atom. The van der Waals surface area contributed by atoms with Crippen LogP contribution in [0.2, 0.25) is 0 Å². The summed E-state index contributed by atoms with van der Waals surface area (Å²) in [4.78, 5) is 20.9. The summed E-state index contributed by atoms with van der Waals surface area (Å²) in [7, 11) is -3.77. The highest BCUT2D eigenvalue weighted by Gasteiger charge is 2.22. The van der Waals surface area contributed by atoms with Crippen molar-refractivity contribution in [3.63, 3.8) is 0 Å². The van der Waals surface area contributed by atoms with Crippen LogP contribution in [0, 0.1) is 27.2 Å². The number of nitrogens with one attached hydrogen (secondary N) is 1. The first-order valence-electron chi connectivity index (χ1n) is 9.27. The average Bonchev–Trinajstić information content (AvgIpc) is 2.77. The lowest BCUT2D eigenvalue weighted by atomic mass is 10.1. The first-order chi connectivity index (χ1) is 15.2. The van der Waals surface area contributed by atoms with Crippen LogP contribution in [-0.2, 0) is 9.84 Å². The fourth-order valence-electron chi connectivity index (χ4n) is 2.83. The number of hydrogen-bond acceptors (Lipinski definition) is 8. The zero-order chi connectivity index (χ0) is 23.3. The Morgan fingerprint density at radius 3 is 2.19 bits per heavy atom. The first-order valence-corrected chi connectivity index (χ1v) is 10.9. The molecular weight excluding hydrogens is 436 g/mol. The largest absolute Gasteiger partial charge is 0.301 e. The summed E-state index contributed by atoms with van der Waals surface area (Å²) in [5.41, 5.74) is 2.92. The first kappa shape index (κ1) is 22.6. The highest BCUT2D eigenvalue weighted by Crippen LogP contribution is 2.29. The van der Waals surface area contributed by atoms with E-state index in [0.717, 1.165) is 23.8 Å². The van der Waals surface area contributed by atoms with Crippen molar-refractivity contribution in [1.82, 2.24) is 0 Å². The zero-order valence-corrected chi connectivity index (χ0v) is 17.7. The van der Waals surface area contributed by atoms with Gasteiger partial charge in [0.2, 0.25) is 0 Å². The number of nitro benzene ring substituents is 2. The molecule has 0 aliphatic heterocycles. The van der Waals surface area contributed by atoms with E-state index in [9.17, 15) is 28.6 Å². The van der Waals surface area contributed by atoms with Crippen LogP contribution < -0.4 is 5.43 Å². The number of nitrogens with zero attached hydrogens (tertiary/aromatic N) is 3. The summed E-state index contributed by atoms with van der Waals surface area (Å²) in [6.45, 7) is 1.84. The second-order valence-corrected chi connectivity index (χ2v) is 8.81. The maximum atomic E-state index is 12.9. The molecule has 3 aromatic rings. The third-order valence-corrected chi connectivity index (χ3v) is 6.16. The van der Waals surface area contributed by atoms with Crippen LogP contribution >= 0.6 is 0 Å². The average molecular weight is 454 g/mol. The van der Waals surface area contributed by atoms with Gasteiger partial charge in [0.1, 0.15) is 5.69 Å². The second-order valence-electron chi connectivity index (χ2n) is 6.82. The normalized spacial score (nSPS) is 11.7. The lowest BCUT2D eigenvalue weighted by molar-refractivity contribution is -0.393. The molecule has 0 amide bonds. The molecule has 0 unspecified atom stereocenters.